The Labute approximate surface area is 157 Å². The number of benzene rings is 2. The van der Waals surface area contributed by atoms with Gasteiger partial charge in [-0.2, -0.15) is 0 Å². The first-order chi connectivity index (χ1) is 11.9. The zero-order valence-electron chi connectivity index (χ0n) is 12.6. The number of thioether (sulfide) groups is 1. The van der Waals surface area contributed by atoms with Crippen molar-refractivity contribution in [2.45, 2.75) is 16.6 Å². The Balaban J connectivity index is 1.90. The summed E-state index contributed by atoms with van der Waals surface area (Å²) < 4.78 is 0. The summed E-state index contributed by atoms with van der Waals surface area (Å²) in [5, 5.41) is 8.90. The average Bonchev–Trinajstić information content (AvgIpc) is 2.85. The third-order valence-electron chi connectivity index (χ3n) is 3.66. The molecule has 1 unspecified atom stereocenters. The quantitative estimate of drug-likeness (QED) is 0.788. The van der Waals surface area contributed by atoms with Crippen molar-refractivity contribution in [1.29, 1.82) is 0 Å². The molecule has 0 bridgehead atoms. The smallest absolute Gasteiger partial charge is 0.336 e. The van der Waals surface area contributed by atoms with Gasteiger partial charge in [0.1, 0.15) is 0 Å². The Morgan fingerprint density at radius 3 is 2.56 bits per heavy atom. The molecule has 0 radical (unpaired) electrons. The van der Waals surface area contributed by atoms with Gasteiger partial charge in [-0.3, -0.25) is 9.59 Å². The second-order valence-corrected chi connectivity index (χ2v) is 7.28. The Kier molecular flexibility index (Phi) is 5.03. The first-order valence-electron chi connectivity index (χ1n) is 7.20. The highest BCUT2D eigenvalue weighted by atomic mass is 35.5. The van der Waals surface area contributed by atoms with Crippen LogP contribution in [0.2, 0.25) is 10.0 Å². The number of hydrogen-bond donors (Lipinski definition) is 1. The largest absolute Gasteiger partial charge is 0.478 e. The predicted octanol–water partition coefficient (Wildman–Crippen LogP) is 4.12. The second kappa shape index (κ2) is 7.07. The average molecular weight is 396 g/mol. The zero-order chi connectivity index (χ0) is 18.1. The normalized spacial score (nSPS) is 17.2. The summed E-state index contributed by atoms with van der Waals surface area (Å²) in [6.07, 6.45) is -0.0414. The van der Waals surface area contributed by atoms with Crippen LogP contribution in [-0.2, 0) is 9.59 Å². The van der Waals surface area contributed by atoms with Crippen LogP contribution in [0.1, 0.15) is 16.8 Å². The predicted molar refractivity (Wildman–Crippen MR) is 96.6 cm³/mol. The number of hydrogen-bond acceptors (Lipinski definition) is 4. The van der Waals surface area contributed by atoms with E-state index >= 15 is 0 Å². The number of rotatable bonds is 4. The standard InChI is InChI=1S/C17H11Cl2NO4S/c18-10-5-3-6-11(15(10)19)20-14(21)8-13(16(20)22)25-12-7-2-1-4-9(12)17(23)24/h1-7,13H,8H2,(H,23,24). The van der Waals surface area contributed by atoms with E-state index in [-0.39, 0.29) is 27.7 Å². The van der Waals surface area contributed by atoms with E-state index < -0.39 is 23.0 Å². The van der Waals surface area contributed by atoms with Gasteiger partial charge in [-0.25, -0.2) is 9.69 Å². The van der Waals surface area contributed by atoms with E-state index in [4.69, 9.17) is 23.2 Å². The molecule has 1 aliphatic rings. The molecule has 1 N–H and O–H groups in total. The maximum atomic E-state index is 12.7. The van der Waals surface area contributed by atoms with Crippen LogP contribution < -0.4 is 4.90 Å². The number of carbonyl (C=O) groups is 3. The molecule has 3 rings (SSSR count). The Hall–Kier alpha value is -2.02. The van der Waals surface area contributed by atoms with E-state index in [0.29, 0.717) is 4.90 Å². The minimum atomic E-state index is -1.09. The highest BCUT2D eigenvalue weighted by Gasteiger charge is 2.41. The summed E-state index contributed by atoms with van der Waals surface area (Å²) in [6, 6.07) is 11.1. The minimum absolute atomic E-state index is 0.0414. The van der Waals surface area contributed by atoms with Crippen LogP contribution in [0.5, 0.6) is 0 Å². The van der Waals surface area contributed by atoms with E-state index in [2.05, 4.69) is 0 Å². The molecule has 8 heteroatoms. The van der Waals surface area contributed by atoms with Crippen LogP contribution in [0.25, 0.3) is 0 Å². The minimum Gasteiger partial charge on any atom is -0.478 e. The molecular formula is C17H11Cl2NO4S. The van der Waals surface area contributed by atoms with Crippen molar-refractivity contribution in [2.75, 3.05) is 4.90 Å². The topological polar surface area (TPSA) is 74.7 Å². The maximum Gasteiger partial charge on any atom is 0.336 e. The number of halogens is 2. The fraction of sp³-hybridized carbons (Fsp3) is 0.118. The molecule has 2 aromatic rings. The number of nitrogens with zero attached hydrogens (tertiary/aromatic N) is 1. The number of carboxylic acids is 1. The van der Waals surface area contributed by atoms with Gasteiger partial charge in [-0.1, -0.05) is 41.4 Å². The number of imide groups is 1. The molecule has 0 aromatic heterocycles. The maximum absolute atomic E-state index is 12.7. The lowest BCUT2D eigenvalue weighted by atomic mass is 10.2. The molecule has 5 nitrogen and oxygen atoms in total. The monoisotopic (exact) mass is 395 g/mol. The first-order valence-corrected chi connectivity index (χ1v) is 8.83. The van der Waals surface area contributed by atoms with E-state index in [1.165, 1.54) is 6.07 Å². The zero-order valence-corrected chi connectivity index (χ0v) is 14.9. The van der Waals surface area contributed by atoms with Crippen LogP contribution in [0.15, 0.2) is 47.4 Å². The fourth-order valence-electron chi connectivity index (χ4n) is 2.51. The summed E-state index contributed by atoms with van der Waals surface area (Å²) in [5.41, 5.74) is 0.325. The van der Waals surface area contributed by atoms with Crippen molar-refractivity contribution in [2.24, 2.45) is 0 Å². The van der Waals surface area contributed by atoms with Crippen molar-refractivity contribution in [3.8, 4) is 0 Å². The lowest BCUT2D eigenvalue weighted by Gasteiger charge is -2.17. The number of anilines is 1. The number of amides is 2. The third-order valence-corrected chi connectivity index (χ3v) is 5.74. The van der Waals surface area contributed by atoms with Gasteiger partial charge in [0.05, 0.1) is 26.5 Å². The van der Waals surface area contributed by atoms with E-state index in [0.717, 1.165) is 16.7 Å². The van der Waals surface area contributed by atoms with Crippen LogP contribution in [-0.4, -0.2) is 28.1 Å². The summed E-state index contributed by atoms with van der Waals surface area (Å²) in [4.78, 5) is 37.8. The molecule has 25 heavy (non-hydrogen) atoms. The van der Waals surface area contributed by atoms with Crippen molar-refractivity contribution < 1.29 is 19.5 Å². The number of carboxylic acid groups (broad SMARTS) is 1. The molecule has 1 saturated heterocycles. The highest BCUT2D eigenvalue weighted by Crippen LogP contribution is 2.39. The molecule has 2 amide bonds. The van der Waals surface area contributed by atoms with Crippen LogP contribution in [0.4, 0.5) is 5.69 Å². The molecule has 128 valence electrons. The Morgan fingerprint density at radius 2 is 1.84 bits per heavy atom. The molecule has 1 aliphatic heterocycles. The van der Waals surface area contributed by atoms with Crippen molar-refractivity contribution in [3.05, 3.63) is 58.1 Å². The molecule has 0 spiro atoms. The van der Waals surface area contributed by atoms with Gasteiger partial charge in [0.2, 0.25) is 11.8 Å². The van der Waals surface area contributed by atoms with E-state index in [1.54, 1.807) is 36.4 Å². The molecule has 1 heterocycles. The van der Waals surface area contributed by atoms with Crippen LogP contribution >= 0.6 is 35.0 Å². The molecule has 2 aromatic carbocycles. The van der Waals surface area contributed by atoms with Crippen LogP contribution in [0, 0.1) is 0 Å². The van der Waals surface area contributed by atoms with Gasteiger partial charge >= 0.3 is 5.97 Å². The Morgan fingerprint density at radius 1 is 1.12 bits per heavy atom. The molecule has 1 atom stereocenters. The molecule has 0 saturated carbocycles. The summed E-state index contributed by atoms with van der Waals surface area (Å²) >= 11 is 13.1. The van der Waals surface area contributed by atoms with Crippen molar-refractivity contribution in [1.82, 2.24) is 0 Å². The van der Waals surface area contributed by atoms with Gasteiger partial charge in [-0.15, -0.1) is 11.8 Å². The lowest BCUT2D eigenvalue weighted by Crippen LogP contribution is -2.31. The second-order valence-electron chi connectivity index (χ2n) is 5.25. The van der Waals surface area contributed by atoms with Gasteiger partial charge < -0.3 is 5.11 Å². The van der Waals surface area contributed by atoms with Gasteiger partial charge in [0.25, 0.3) is 0 Å². The summed E-state index contributed by atoms with van der Waals surface area (Å²) in [5.74, 6) is -1.94. The van der Waals surface area contributed by atoms with Gasteiger partial charge in [0, 0.05) is 11.3 Å². The SMILES string of the molecule is O=C(O)c1ccccc1SC1CC(=O)N(c2cccc(Cl)c2Cl)C1=O. The highest BCUT2D eigenvalue weighted by molar-refractivity contribution is 8.00. The molecule has 0 aliphatic carbocycles. The number of carbonyl (C=O) groups excluding carboxylic acids is 2. The van der Waals surface area contributed by atoms with E-state index in [1.807, 2.05) is 0 Å². The van der Waals surface area contributed by atoms with Crippen molar-refractivity contribution >= 4 is 58.4 Å². The summed E-state index contributed by atoms with van der Waals surface area (Å²) in [7, 11) is 0. The van der Waals surface area contributed by atoms with E-state index in [9.17, 15) is 19.5 Å². The van der Waals surface area contributed by atoms with Crippen molar-refractivity contribution in [3.63, 3.8) is 0 Å². The molecule has 1 fully saturated rings. The Bertz CT molecular complexity index is 887. The van der Waals surface area contributed by atoms with Gasteiger partial charge in [-0.05, 0) is 24.3 Å². The fourth-order valence-corrected chi connectivity index (χ4v) is 4.07. The third kappa shape index (κ3) is 3.38. The first kappa shape index (κ1) is 17.8. The lowest BCUT2D eigenvalue weighted by molar-refractivity contribution is -0.121. The molecular weight excluding hydrogens is 385 g/mol. The summed E-state index contributed by atoms with van der Waals surface area (Å²) in [6.45, 7) is 0. The number of aromatic carboxylic acids is 1. The van der Waals surface area contributed by atoms with Gasteiger partial charge in [0.15, 0.2) is 0 Å². The van der Waals surface area contributed by atoms with Crippen LogP contribution in [0.3, 0.4) is 0 Å².